The lowest BCUT2D eigenvalue weighted by atomic mass is 10.2. The van der Waals surface area contributed by atoms with Gasteiger partial charge in [0.1, 0.15) is 12.3 Å². The number of carbonyl (C=O) groups excluding carboxylic acids is 3. The van der Waals surface area contributed by atoms with Gasteiger partial charge in [-0.3, -0.25) is 14.5 Å². The molecule has 0 radical (unpaired) electrons. The molecule has 1 aromatic rings. The van der Waals surface area contributed by atoms with Crippen molar-refractivity contribution < 1.29 is 24.0 Å². The lowest BCUT2D eigenvalue weighted by Crippen LogP contribution is -3.09. The topological polar surface area (TPSA) is 71.4 Å². The minimum atomic E-state index is -0.786. The van der Waals surface area contributed by atoms with Crippen LogP contribution in [0.1, 0.15) is 19.4 Å². The molecular formula is C16H21ClN3O4+. The van der Waals surface area contributed by atoms with Gasteiger partial charge in [-0.05, 0) is 32.0 Å². The van der Waals surface area contributed by atoms with Gasteiger partial charge in [0, 0.05) is 16.6 Å². The van der Waals surface area contributed by atoms with Gasteiger partial charge in [0.2, 0.25) is 0 Å². The summed E-state index contributed by atoms with van der Waals surface area (Å²) in [5.41, 5.74) is 0.855. The van der Waals surface area contributed by atoms with Crippen LogP contribution in [0.5, 0.6) is 5.75 Å². The summed E-state index contributed by atoms with van der Waals surface area (Å²) >= 11 is 6.01. The summed E-state index contributed by atoms with van der Waals surface area (Å²) in [7, 11) is 3.39. The number of methoxy groups -OCH3 is 1. The van der Waals surface area contributed by atoms with Crippen molar-refractivity contribution in [3.63, 3.8) is 0 Å². The van der Waals surface area contributed by atoms with Crippen molar-refractivity contribution in [2.45, 2.75) is 26.4 Å². The Kier molecular flexibility index (Phi) is 5.46. The molecule has 0 bridgehead atoms. The molecule has 1 aromatic carbocycles. The Morgan fingerprint density at radius 2 is 1.88 bits per heavy atom. The Bertz CT molecular complexity index is 677. The normalized spacial score (nSPS) is 16.3. The van der Waals surface area contributed by atoms with Crippen molar-refractivity contribution in [1.82, 2.24) is 9.80 Å². The van der Waals surface area contributed by atoms with Crippen molar-refractivity contribution >= 4 is 29.4 Å². The molecule has 1 fully saturated rings. The van der Waals surface area contributed by atoms with E-state index in [-0.39, 0.29) is 12.7 Å². The van der Waals surface area contributed by atoms with Gasteiger partial charge >= 0.3 is 17.8 Å². The second-order valence-electron chi connectivity index (χ2n) is 6.03. The van der Waals surface area contributed by atoms with E-state index in [1.54, 1.807) is 39.2 Å². The molecular weight excluding hydrogens is 334 g/mol. The fourth-order valence-electron chi connectivity index (χ4n) is 2.65. The molecule has 1 unspecified atom stereocenters. The molecule has 0 saturated carbocycles. The van der Waals surface area contributed by atoms with E-state index in [4.69, 9.17) is 16.3 Å². The molecule has 0 spiro atoms. The van der Waals surface area contributed by atoms with Crippen LogP contribution in [0.4, 0.5) is 4.79 Å². The maximum Gasteiger partial charge on any atom is 0.338 e. The fourth-order valence-corrected chi connectivity index (χ4v) is 2.85. The van der Waals surface area contributed by atoms with Crippen molar-refractivity contribution in [2.24, 2.45) is 0 Å². The molecule has 1 heterocycles. The highest BCUT2D eigenvalue weighted by Gasteiger charge is 2.46. The lowest BCUT2D eigenvalue weighted by molar-refractivity contribution is -0.901. The number of nitrogens with one attached hydrogen (secondary N) is 1. The SMILES string of the molecule is COc1ccc(Cl)cc1C[NH+](C)CN1C(=O)C(=O)N(C(C)C)C1=O. The molecule has 1 N–H and O–H groups in total. The number of ether oxygens (including phenoxy) is 1. The van der Waals surface area contributed by atoms with E-state index >= 15 is 0 Å². The maximum absolute atomic E-state index is 12.3. The van der Waals surface area contributed by atoms with E-state index in [0.717, 1.165) is 20.3 Å². The number of hydrogen-bond acceptors (Lipinski definition) is 4. The van der Waals surface area contributed by atoms with Gasteiger partial charge in [0.15, 0.2) is 6.67 Å². The van der Waals surface area contributed by atoms with Crippen molar-refractivity contribution in [3.8, 4) is 5.75 Å². The first-order valence-electron chi connectivity index (χ1n) is 7.59. The molecule has 2 rings (SSSR count). The molecule has 1 saturated heterocycles. The van der Waals surface area contributed by atoms with E-state index in [1.807, 2.05) is 7.05 Å². The summed E-state index contributed by atoms with van der Waals surface area (Å²) in [6.07, 6.45) is 0. The molecule has 130 valence electrons. The predicted molar refractivity (Wildman–Crippen MR) is 87.7 cm³/mol. The van der Waals surface area contributed by atoms with Crippen LogP contribution < -0.4 is 9.64 Å². The molecule has 1 aliphatic rings. The van der Waals surface area contributed by atoms with Gasteiger partial charge in [-0.1, -0.05) is 11.6 Å². The number of rotatable bonds is 6. The van der Waals surface area contributed by atoms with Crippen LogP contribution in [-0.4, -0.2) is 54.5 Å². The van der Waals surface area contributed by atoms with Crippen LogP contribution in [0.25, 0.3) is 0 Å². The van der Waals surface area contributed by atoms with Crippen LogP contribution >= 0.6 is 11.6 Å². The van der Waals surface area contributed by atoms with Crippen molar-refractivity contribution in [2.75, 3.05) is 20.8 Å². The molecule has 4 amide bonds. The highest BCUT2D eigenvalue weighted by molar-refractivity contribution is 6.44. The van der Waals surface area contributed by atoms with Gasteiger partial charge in [0.25, 0.3) is 0 Å². The van der Waals surface area contributed by atoms with E-state index in [2.05, 4.69) is 0 Å². The minimum absolute atomic E-state index is 0.0856. The zero-order chi connectivity index (χ0) is 18.0. The predicted octanol–water partition coefficient (Wildman–Crippen LogP) is 0.520. The van der Waals surface area contributed by atoms with Crippen LogP contribution in [0.15, 0.2) is 18.2 Å². The van der Waals surface area contributed by atoms with Crippen molar-refractivity contribution in [1.29, 1.82) is 0 Å². The number of nitrogens with zero attached hydrogens (tertiary/aromatic N) is 2. The number of amides is 4. The average molecular weight is 355 g/mol. The first-order chi connectivity index (χ1) is 11.3. The van der Waals surface area contributed by atoms with Gasteiger partial charge in [0.05, 0.1) is 14.2 Å². The summed E-state index contributed by atoms with van der Waals surface area (Å²) in [6, 6.07) is 4.35. The fraction of sp³-hybridized carbons (Fsp3) is 0.438. The number of hydrogen-bond donors (Lipinski definition) is 1. The number of urea groups is 1. The Balaban J connectivity index is 2.11. The van der Waals surface area contributed by atoms with Crippen LogP contribution in [0.3, 0.4) is 0 Å². The molecule has 24 heavy (non-hydrogen) atoms. The van der Waals surface area contributed by atoms with Crippen molar-refractivity contribution in [3.05, 3.63) is 28.8 Å². The van der Waals surface area contributed by atoms with Gasteiger partial charge in [-0.25, -0.2) is 9.69 Å². The van der Waals surface area contributed by atoms with Crippen LogP contribution in [0, 0.1) is 0 Å². The second kappa shape index (κ2) is 7.19. The number of quaternary nitrogens is 1. The molecule has 8 heteroatoms. The number of halogens is 1. The maximum atomic E-state index is 12.3. The lowest BCUT2D eigenvalue weighted by Gasteiger charge is -2.22. The van der Waals surface area contributed by atoms with E-state index in [9.17, 15) is 14.4 Å². The zero-order valence-corrected chi connectivity index (χ0v) is 14.9. The number of carbonyl (C=O) groups is 3. The first kappa shape index (κ1) is 18.2. The molecule has 0 aromatic heterocycles. The Morgan fingerprint density at radius 3 is 2.42 bits per heavy atom. The standard InChI is InChI=1S/C16H20ClN3O4/c1-10(2)20-15(22)14(21)19(16(20)23)9-18(3)8-11-7-12(17)5-6-13(11)24-4/h5-7,10H,8-9H2,1-4H3/p+1. The summed E-state index contributed by atoms with van der Waals surface area (Å²) in [5, 5.41) is 0.577. The minimum Gasteiger partial charge on any atom is -0.496 e. The third-order valence-electron chi connectivity index (χ3n) is 3.76. The highest BCUT2D eigenvalue weighted by atomic mass is 35.5. The summed E-state index contributed by atoms with van der Waals surface area (Å²) in [6.45, 7) is 3.96. The quantitative estimate of drug-likeness (QED) is 0.597. The second-order valence-corrected chi connectivity index (χ2v) is 6.47. The Morgan fingerprint density at radius 1 is 1.21 bits per heavy atom. The first-order valence-corrected chi connectivity index (χ1v) is 7.96. The number of benzene rings is 1. The van der Waals surface area contributed by atoms with E-state index < -0.39 is 17.8 Å². The molecule has 7 nitrogen and oxygen atoms in total. The summed E-state index contributed by atoms with van der Waals surface area (Å²) in [5.74, 6) is -0.882. The summed E-state index contributed by atoms with van der Waals surface area (Å²) in [4.78, 5) is 39.1. The van der Waals surface area contributed by atoms with E-state index in [0.29, 0.717) is 17.3 Å². The van der Waals surface area contributed by atoms with Crippen LogP contribution in [0.2, 0.25) is 5.02 Å². The average Bonchev–Trinajstić information content (AvgIpc) is 2.71. The smallest absolute Gasteiger partial charge is 0.338 e. The third-order valence-corrected chi connectivity index (χ3v) is 4.00. The monoisotopic (exact) mass is 354 g/mol. The highest BCUT2D eigenvalue weighted by Crippen LogP contribution is 2.21. The van der Waals surface area contributed by atoms with Gasteiger partial charge in [-0.15, -0.1) is 0 Å². The molecule has 1 atom stereocenters. The Labute approximate surface area is 145 Å². The molecule has 1 aliphatic heterocycles. The largest absolute Gasteiger partial charge is 0.496 e. The third kappa shape index (κ3) is 3.52. The van der Waals surface area contributed by atoms with Gasteiger partial charge < -0.3 is 9.64 Å². The number of imide groups is 2. The molecule has 0 aliphatic carbocycles. The summed E-state index contributed by atoms with van der Waals surface area (Å²) < 4.78 is 5.30. The van der Waals surface area contributed by atoms with Crippen LogP contribution in [-0.2, 0) is 16.1 Å². The zero-order valence-electron chi connectivity index (χ0n) is 14.1. The van der Waals surface area contributed by atoms with Gasteiger partial charge in [-0.2, -0.15) is 0 Å². The Hall–Kier alpha value is -2.12. The van der Waals surface area contributed by atoms with E-state index in [1.165, 1.54) is 0 Å².